The lowest BCUT2D eigenvalue weighted by molar-refractivity contribution is -0.119. The zero-order chi connectivity index (χ0) is 22.1. The normalized spacial score (nSPS) is 15.9. The number of aryl methyl sites for hydroxylation is 1. The Hall–Kier alpha value is -3.38. The highest BCUT2D eigenvalue weighted by Crippen LogP contribution is 2.31. The second-order valence-corrected chi connectivity index (χ2v) is 7.82. The minimum Gasteiger partial charge on any atom is -0.465 e. The van der Waals surface area contributed by atoms with Gasteiger partial charge in [-0.15, -0.1) is 0 Å². The lowest BCUT2D eigenvalue weighted by Gasteiger charge is -2.14. The third-order valence-corrected chi connectivity index (χ3v) is 5.73. The van der Waals surface area contributed by atoms with E-state index in [2.05, 4.69) is 5.10 Å². The predicted molar refractivity (Wildman–Crippen MR) is 119 cm³/mol. The fourth-order valence-corrected chi connectivity index (χ4v) is 3.64. The molecule has 2 heterocycles. The van der Waals surface area contributed by atoms with Gasteiger partial charge in [0.2, 0.25) is 0 Å². The maximum Gasteiger partial charge on any atom is 0.337 e. The quantitative estimate of drug-likeness (QED) is 0.510. The van der Waals surface area contributed by atoms with Crippen molar-refractivity contribution in [2.24, 2.45) is 11.0 Å². The summed E-state index contributed by atoms with van der Waals surface area (Å²) in [6, 6.07) is 16.1. The van der Waals surface area contributed by atoms with E-state index >= 15 is 0 Å². The number of ether oxygens (including phenoxy) is 1. The number of furan rings is 1. The van der Waals surface area contributed by atoms with Crippen LogP contribution in [-0.2, 0) is 16.0 Å². The number of anilines is 1. The monoisotopic (exact) mass is 436 g/mol. The number of nitrogens with zero attached hydrogens (tertiary/aromatic N) is 2. The van der Waals surface area contributed by atoms with Crippen LogP contribution >= 0.6 is 11.6 Å². The molecule has 4 rings (SSSR count). The van der Waals surface area contributed by atoms with Crippen molar-refractivity contribution < 1.29 is 18.7 Å². The Morgan fingerprint density at radius 2 is 1.87 bits per heavy atom. The molecule has 0 N–H and O–H groups in total. The first-order valence-electron chi connectivity index (χ1n) is 9.80. The maximum atomic E-state index is 13.0. The molecule has 31 heavy (non-hydrogen) atoms. The zero-order valence-corrected chi connectivity index (χ0v) is 18.1. The molecule has 1 aliphatic rings. The van der Waals surface area contributed by atoms with Gasteiger partial charge >= 0.3 is 5.97 Å². The smallest absolute Gasteiger partial charge is 0.337 e. The number of esters is 1. The lowest BCUT2D eigenvalue weighted by atomic mass is 9.99. The third kappa shape index (κ3) is 4.11. The summed E-state index contributed by atoms with van der Waals surface area (Å²) in [4.78, 5) is 24.6. The van der Waals surface area contributed by atoms with Gasteiger partial charge in [0.1, 0.15) is 11.5 Å². The zero-order valence-electron chi connectivity index (χ0n) is 17.4. The Balaban J connectivity index is 1.49. The van der Waals surface area contributed by atoms with E-state index in [1.54, 1.807) is 30.3 Å². The average molecular weight is 437 g/mol. The van der Waals surface area contributed by atoms with Crippen molar-refractivity contribution in [3.05, 3.63) is 76.5 Å². The Kier molecular flexibility index (Phi) is 5.65. The number of hydrogen-bond donors (Lipinski definition) is 0. The molecule has 0 unspecified atom stereocenters. The standard InChI is InChI=1S/C24H21ClN2O4/c1-14-4-9-18(12-21(14)25)27-23(28)20(15(2)26-27)13-19-10-11-22(31-19)16-5-7-17(8-6-16)24(29)30-3/h4-12,20H,13H2,1-3H3/t20-/m1/s1. The van der Waals surface area contributed by atoms with Crippen LogP contribution in [0.4, 0.5) is 5.69 Å². The molecule has 0 saturated heterocycles. The molecule has 1 atom stereocenters. The highest BCUT2D eigenvalue weighted by molar-refractivity contribution is 6.31. The SMILES string of the molecule is COC(=O)c1ccc(-c2ccc(C[C@H]3C(=O)N(c4ccc(C)c(Cl)c4)N=C3C)o2)cc1. The first kappa shape index (κ1) is 20.9. The fourth-order valence-electron chi connectivity index (χ4n) is 3.47. The highest BCUT2D eigenvalue weighted by Gasteiger charge is 2.35. The number of hydrazone groups is 1. The van der Waals surface area contributed by atoms with Crippen LogP contribution in [0.15, 0.2) is 64.1 Å². The van der Waals surface area contributed by atoms with Gasteiger partial charge < -0.3 is 9.15 Å². The second-order valence-electron chi connectivity index (χ2n) is 7.42. The molecular formula is C24H21ClN2O4. The summed E-state index contributed by atoms with van der Waals surface area (Å²) in [5, 5.41) is 6.44. The van der Waals surface area contributed by atoms with E-state index < -0.39 is 5.92 Å². The molecule has 6 nitrogen and oxygen atoms in total. The number of benzene rings is 2. The highest BCUT2D eigenvalue weighted by atomic mass is 35.5. The molecule has 0 bridgehead atoms. The number of hydrogen-bond acceptors (Lipinski definition) is 5. The largest absolute Gasteiger partial charge is 0.465 e. The first-order valence-corrected chi connectivity index (χ1v) is 10.2. The minimum absolute atomic E-state index is 0.113. The van der Waals surface area contributed by atoms with Crippen molar-refractivity contribution in [1.29, 1.82) is 0 Å². The van der Waals surface area contributed by atoms with E-state index in [1.165, 1.54) is 12.1 Å². The number of rotatable bonds is 5. The molecule has 3 aromatic rings. The molecule has 0 saturated carbocycles. The summed E-state index contributed by atoms with van der Waals surface area (Å²) in [6.07, 6.45) is 0.407. The Bertz CT molecular complexity index is 1180. The van der Waals surface area contributed by atoms with Crippen LogP contribution in [0, 0.1) is 12.8 Å². The summed E-state index contributed by atoms with van der Waals surface area (Å²) in [5.74, 6) is 0.441. The Labute approximate surface area is 185 Å². The molecule has 1 aromatic heterocycles. The Morgan fingerprint density at radius 1 is 1.13 bits per heavy atom. The van der Waals surface area contributed by atoms with Crippen LogP contribution < -0.4 is 5.01 Å². The van der Waals surface area contributed by atoms with Gasteiger partial charge in [0.25, 0.3) is 5.91 Å². The van der Waals surface area contributed by atoms with Gasteiger partial charge in [-0.2, -0.15) is 5.10 Å². The number of carbonyl (C=O) groups excluding carboxylic acids is 2. The van der Waals surface area contributed by atoms with Crippen LogP contribution in [0.25, 0.3) is 11.3 Å². The van der Waals surface area contributed by atoms with Crippen molar-refractivity contribution in [1.82, 2.24) is 0 Å². The second kappa shape index (κ2) is 8.40. The number of amides is 1. The van der Waals surface area contributed by atoms with Gasteiger partial charge in [-0.1, -0.05) is 29.8 Å². The summed E-state index contributed by atoms with van der Waals surface area (Å²) in [7, 11) is 1.35. The van der Waals surface area contributed by atoms with Crippen LogP contribution in [0.2, 0.25) is 5.02 Å². The molecule has 0 aliphatic carbocycles. The topological polar surface area (TPSA) is 72.1 Å². The summed E-state index contributed by atoms with van der Waals surface area (Å²) >= 11 is 6.21. The van der Waals surface area contributed by atoms with Gasteiger partial charge in [-0.25, -0.2) is 9.80 Å². The summed E-state index contributed by atoms with van der Waals surface area (Å²) < 4.78 is 10.7. The summed E-state index contributed by atoms with van der Waals surface area (Å²) in [5.41, 5.74) is 3.61. The number of halogens is 1. The van der Waals surface area contributed by atoms with Crippen LogP contribution in [0.1, 0.15) is 28.6 Å². The van der Waals surface area contributed by atoms with Crippen molar-refractivity contribution in [3.8, 4) is 11.3 Å². The molecule has 158 valence electrons. The Morgan fingerprint density at radius 3 is 2.55 bits per heavy atom. The number of methoxy groups -OCH3 is 1. The van der Waals surface area contributed by atoms with Gasteiger partial charge in [0.15, 0.2) is 0 Å². The molecule has 1 aliphatic heterocycles. The van der Waals surface area contributed by atoms with E-state index in [-0.39, 0.29) is 11.9 Å². The molecule has 0 spiro atoms. The molecule has 0 fully saturated rings. The van der Waals surface area contributed by atoms with Gasteiger partial charge in [0.05, 0.1) is 24.3 Å². The molecule has 1 amide bonds. The number of carbonyl (C=O) groups is 2. The van der Waals surface area contributed by atoms with Crippen LogP contribution in [-0.4, -0.2) is 24.7 Å². The van der Waals surface area contributed by atoms with Gasteiger partial charge in [-0.3, -0.25) is 4.79 Å². The van der Waals surface area contributed by atoms with Crippen molar-refractivity contribution in [3.63, 3.8) is 0 Å². The molecule has 7 heteroatoms. The molecular weight excluding hydrogens is 416 g/mol. The average Bonchev–Trinajstić information content (AvgIpc) is 3.35. The van der Waals surface area contributed by atoms with E-state index in [9.17, 15) is 9.59 Å². The predicted octanol–water partition coefficient (Wildman–Crippen LogP) is 5.28. The molecule has 0 radical (unpaired) electrons. The van der Waals surface area contributed by atoms with E-state index in [1.807, 2.05) is 38.1 Å². The van der Waals surface area contributed by atoms with Crippen LogP contribution in [0.5, 0.6) is 0 Å². The maximum absolute atomic E-state index is 13.0. The lowest BCUT2D eigenvalue weighted by Crippen LogP contribution is -2.28. The van der Waals surface area contributed by atoms with E-state index in [0.29, 0.717) is 34.2 Å². The minimum atomic E-state index is -0.402. The molecule has 2 aromatic carbocycles. The van der Waals surface area contributed by atoms with Gasteiger partial charge in [-0.05, 0) is 55.8 Å². The van der Waals surface area contributed by atoms with Crippen molar-refractivity contribution in [2.45, 2.75) is 20.3 Å². The van der Waals surface area contributed by atoms with Crippen molar-refractivity contribution in [2.75, 3.05) is 12.1 Å². The van der Waals surface area contributed by atoms with E-state index in [4.69, 9.17) is 20.8 Å². The van der Waals surface area contributed by atoms with Crippen LogP contribution in [0.3, 0.4) is 0 Å². The third-order valence-electron chi connectivity index (χ3n) is 5.33. The van der Waals surface area contributed by atoms with E-state index in [0.717, 1.165) is 16.8 Å². The summed E-state index contributed by atoms with van der Waals surface area (Å²) in [6.45, 7) is 3.75. The first-order chi connectivity index (χ1) is 14.9. The van der Waals surface area contributed by atoms with Gasteiger partial charge in [0, 0.05) is 22.7 Å². The van der Waals surface area contributed by atoms with Crippen molar-refractivity contribution >= 4 is 34.9 Å². The fraction of sp³-hybridized carbons (Fsp3) is 0.208.